The molecule has 12 heteroatoms. The molecule has 8 rings (SSSR count). The van der Waals surface area contributed by atoms with Crippen molar-refractivity contribution in [1.82, 2.24) is 29.2 Å². The predicted octanol–water partition coefficient (Wildman–Crippen LogP) is 5.22. The van der Waals surface area contributed by atoms with E-state index in [2.05, 4.69) is 21.2 Å². The molecule has 49 heavy (non-hydrogen) atoms. The number of piperidine rings is 3. The van der Waals surface area contributed by atoms with E-state index < -0.39 is 0 Å². The lowest BCUT2D eigenvalue weighted by atomic mass is 9.98. The van der Waals surface area contributed by atoms with Gasteiger partial charge in [0.2, 0.25) is 5.91 Å². The first-order valence-corrected chi connectivity index (χ1v) is 18.0. The van der Waals surface area contributed by atoms with E-state index in [1.807, 2.05) is 63.0 Å². The van der Waals surface area contributed by atoms with Crippen LogP contribution >= 0.6 is 11.6 Å². The molecule has 2 aromatic heterocycles. The maximum atomic E-state index is 13.8. The molecule has 4 aromatic rings. The third-order valence-corrected chi connectivity index (χ3v) is 11.3. The molecule has 3 saturated heterocycles. The molecule has 2 N–H and O–H groups in total. The number of nitrogens with one attached hydrogen (secondary N) is 1. The van der Waals surface area contributed by atoms with Crippen LogP contribution in [0.2, 0.25) is 5.02 Å². The number of carbonyl (C=O) groups is 2. The van der Waals surface area contributed by atoms with Gasteiger partial charge >= 0.3 is 6.03 Å². The minimum Gasteiger partial charge on any atom is -0.393 e. The number of nitrogens with zero attached hydrogens (tertiary/aromatic N) is 7. The summed E-state index contributed by atoms with van der Waals surface area (Å²) in [6.45, 7) is 5.58. The van der Waals surface area contributed by atoms with Crippen molar-refractivity contribution in [3.63, 3.8) is 0 Å². The number of urea groups is 1. The summed E-state index contributed by atoms with van der Waals surface area (Å²) in [6, 6.07) is 16.2. The van der Waals surface area contributed by atoms with Gasteiger partial charge in [0, 0.05) is 85.9 Å². The molecule has 0 atom stereocenters. The van der Waals surface area contributed by atoms with Crippen LogP contribution in [0.15, 0.2) is 61.1 Å². The van der Waals surface area contributed by atoms with Gasteiger partial charge in [0.15, 0.2) is 0 Å². The van der Waals surface area contributed by atoms with Crippen LogP contribution < -0.4 is 10.2 Å². The number of benzene rings is 2. The normalized spacial score (nSPS) is 20.1. The van der Waals surface area contributed by atoms with E-state index in [1.165, 1.54) is 0 Å². The molecule has 3 fully saturated rings. The molecule has 256 valence electrons. The van der Waals surface area contributed by atoms with Crippen molar-refractivity contribution in [1.29, 1.82) is 0 Å². The second-order valence-electron chi connectivity index (χ2n) is 13.9. The van der Waals surface area contributed by atoms with Gasteiger partial charge in [-0.15, -0.1) is 0 Å². The van der Waals surface area contributed by atoms with E-state index in [-0.39, 0.29) is 30.6 Å². The summed E-state index contributed by atoms with van der Waals surface area (Å²) in [4.78, 5) is 45.0. The van der Waals surface area contributed by atoms with Crippen LogP contribution in [0.5, 0.6) is 0 Å². The van der Waals surface area contributed by atoms with Crippen LogP contribution in [0.4, 0.5) is 16.3 Å². The topological polar surface area (TPSA) is 110 Å². The summed E-state index contributed by atoms with van der Waals surface area (Å²) < 4.78 is 1.95. The van der Waals surface area contributed by atoms with Crippen molar-refractivity contribution in [2.24, 2.45) is 0 Å². The summed E-state index contributed by atoms with van der Waals surface area (Å²) in [5.41, 5.74) is 4.52. The van der Waals surface area contributed by atoms with Crippen molar-refractivity contribution in [3.05, 3.63) is 71.6 Å². The molecule has 0 saturated carbocycles. The number of fused-ring (bicyclic) bond motifs is 2. The zero-order chi connectivity index (χ0) is 33.5. The summed E-state index contributed by atoms with van der Waals surface area (Å²) in [6.07, 6.45) is 8.69. The van der Waals surface area contributed by atoms with Crippen molar-refractivity contribution in [2.45, 2.75) is 69.8 Å². The summed E-state index contributed by atoms with van der Waals surface area (Å²) in [5, 5.41) is 14.6. The van der Waals surface area contributed by atoms with Gasteiger partial charge in [0.05, 0.1) is 11.5 Å². The highest BCUT2D eigenvalue weighted by Gasteiger charge is 2.34. The molecule has 6 heterocycles. The number of amides is 3. The number of rotatable bonds is 6. The van der Waals surface area contributed by atoms with Crippen LogP contribution in [-0.4, -0.2) is 104 Å². The second kappa shape index (κ2) is 13.6. The summed E-state index contributed by atoms with van der Waals surface area (Å²) in [5.74, 6) is 0.906. The van der Waals surface area contributed by atoms with Gasteiger partial charge in [-0.3, -0.25) is 4.79 Å². The molecule has 11 nitrogen and oxygen atoms in total. The van der Waals surface area contributed by atoms with Gasteiger partial charge in [-0.05, 0) is 56.2 Å². The van der Waals surface area contributed by atoms with Gasteiger partial charge in [0.25, 0.3) is 0 Å². The molecule has 4 aliphatic heterocycles. The zero-order valence-electron chi connectivity index (χ0n) is 27.7. The smallest absolute Gasteiger partial charge is 0.322 e. The maximum Gasteiger partial charge on any atom is 0.322 e. The first kappa shape index (κ1) is 32.0. The number of carbonyl (C=O) groups excluding carboxylic acids is 2. The number of hydrogen-bond donors (Lipinski definition) is 2. The van der Waals surface area contributed by atoms with Gasteiger partial charge in [-0.1, -0.05) is 48.0 Å². The third-order valence-electron chi connectivity index (χ3n) is 11.0. The Morgan fingerprint density at radius 1 is 0.857 bits per heavy atom. The largest absolute Gasteiger partial charge is 0.393 e. The number of aliphatic hydroxyl groups is 1. The molecule has 2 aromatic carbocycles. The van der Waals surface area contributed by atoms with Gasteiger partial charge in [0.1, 0.15) is 24.3 Å². The predicted molar refractivity (Wildman–Crippen MR) is 191 cm³/mol. The van der Waals surface area contributed by atoms with Gasteiger partial charge in [-0.25, -0.2) is 14.8 Å². The Bertz CT molecular complexity index is 1840. The van der Waals surface area contributed by atoms with Crippen LogP contribution in [0.3, 0.4) is 0 Å². The standard InChI is InChI=1S/C37H43ClN8O3/c38-31-7-3-2-6-29(31)30-22-45(23-33(48)43-15-11-27(12-16-43)46-21-25-5-1-4-8-32(25)41-37(46)49)36-34(30)35(39-24-40-36)44-17-9-26(10-18-44)42-19-13-28(47)14-20-42/h1-8,22,24,26-28,47H,9-21,23H2,(H,41,49). The van der Waals surface area contributed by atoms with E-state index in [0.29, 0.717) is 30.7 Å². The molecule has 0 radical (unpaired) electrons. The fraction of sp³-hybridized carbons (Fsp3) is 0.459. The van der Waals surface area contributed by atoms with E-state index >= 15 is 0 Å². The van der Waals surface area contributed by atoms with Crippen LogP contribution in [0, 0.1) is 0 Å². The second-order valence-corrected chi connectivity index (χ2v) is 14.3. The Kier molecular flexibility index (Phi) is 8.90. The average molecular weight is 683 g/mol. The SMILES string of the molecule is O=C(Cn1cc(-c2ccccc2Cl)c2c(N3CCC(N4CCC(O)CC4)CC3)ncnc21)N1CCC(N2Cc3ccccc3NC2=O)CC1. The highest BCUT2D eigenvalue weighted by atomic mass is 35.5. The van der Waals surface area contributed by atoms with E-state index in [0.717, 1.165) is 104 Å². The first-order chi connectivity index (χ1) is 23.9. The minimum absolute atomic E-state index is 0.0297. The first-order valence-electron chi connectivity index (χ1n) is 17.6. The van der Waals surface area contributed by atoms with E-state index in [4.69, 9.17) is 21.6 Å². The fourth-order valence-electron chi connectivity index (χ4n) is 8.24. The number of halogens is 1. The molecule has 4 aliphatic rings. The van der Waals surface area contributed by atoms with Crippen LogP contribution in [0.1, 0.15) is 44.1 Å². The molecule has 0 aliphatic carbocycles. The van der Waals surface area contributed by atoms with Gasteiger partial charge in [-0.2, -0.15) is 0 Å². The molecule has 0 spiro atoms. The van der Waals surface area contributed by atoms with Crippen LogP contribution in [-0.2, 0) is 17.9 Å². The number of hydrogen-bond acceptors (Lipinski definition) is 7. The molecular formula is C37H43ClN8O3. The Labute approximate surface area is 291 Å². The molecular weight excluding hydrogens is 640 g/mol. The molecule has 0 unspecified atom stereocenters. The number of likely N-dealkylation sites (tertiary alicyclic amines) is 2. The average Bonchev–Trinajstić information content (AvgIpc) is 3.50. The lowest BCUT2D eigenvalue weighted by Gasteiger charge is -2.41. The molecule has 3 amide bonds. The lowest BCUT2D eigenvalue weighted by Crippen LogP contribution is -2.51. The van der Waals surface area contributed by atoms with Crippen molar-refractivity contribution in [3.8, 4) is 11.1 Å². The third kappa shape index (κ3) is 6.35. The number of para-hydroxylation sites is 1. The summed E-state index contributed by atoms with van der Waals surface area (Å²) in [7, 11) is 0. The Balaban J connectivity index is 1.00. The highest BCUT2D eigenvalue weighted by molar-refractivity contribution is 6.33. The Morgan fingerprint density at radius 2 is 1.57 bits per heavy atom. The number of aliphatic hydroxyl groups excluding tert-OH is 1. The van der Waals surface area contributed by atoms with Crippen LogP contribution in [0.25, 0.3) is 22.2 Å². The molecule has 0 bridgehead atoms. The summed E-state index contributed by atoms with van der Waals surface area (Å²) >= 11 is 6.77. The minimum atomic E-state index is -0.168. The van der Waals surface area contributed by atoms with Crippen molar-refractivity contribution < 1.29 is 14.7 Å². The van der Waals surface area contributed by atoms with Crippen molar-refractivity contribution in [2.75, 3.05) is 49.5 Å². The highest BCUT2D eigenvalue weighted by Crippen LogP contribution is 2.39. The Morgan fingerprint density at radius 3 is 2.35 bits per heavy atom. The maximum absolute atomic E-state index is 13.8. The Hall–Kier alpha value is -4.19. The fourth-order valence-corrected chi connectivity index (χ4v) is 8.47. The number of aromatic nitrogens is 3. The van der Waals surface area contributed by atoms with E-state index in [1.54, 1.807) is 6.33 Å². The quantitative estimate of drug-likeness (QED) is 0.287. The van der Waals surface area contributed by atoms with Crippen molar-refractivity contribution >= 4 is 46.1 Å². The monoisotopic (exact) mass is 682 g/mol. The number of anilines is 2. The zero-order valence-corrected chi connectivity index (χ0v) is 28.4. The van der Waals surface area contributed by atoms with E-state index in [9.17, 15) is 14.7 Å². The lowest BCUT2D eigenvalue weighted by molar-refractivity contribution is -0.133. The van der Waals surface area contributed by atoms with Gasteiger partial charge < -0.3 is 34.6 Å².